The van der Waals surface area contributed by atoms with E-state index in [4.69, 9.17) is 0 Å². The standard InChI is InChI=1S/C18H21N3O3S/c22-18(20-14-16-6-2-3-11-19-16)15-7-9-17(10-8-15)25(23,24)21-12-4-1-5-13-21/h2-3,6-11H,1,4-5,12-14H2,(H,20,22). The molecule has 6 nitrogen and oxygen atoms in total. The highest BCUT2D eigenvalue weighted by atomic mass is 32.2. The number of benzene rings is 1. The fourth-order valence-electron chi connectivity index (χ4n) is 2.81. The van der Waals surface area contributed by atoms with Gasteiger partial charge in [-0.25, -0.2) is 8.42 Å². The molecule has 1 aliphatic rings. The predicted molar refractivity (Wildman–Crippen MR) is 94.5 cm³/mol. The second kappa shape index (κ2) is 7.76. The Balaban J connectivity index is 1.66. The summed E-state index contributed by atoms with van der Waals surface area (Å²) in [4.78, 5) is 16.6. The summed E-state index contributed by atoms with van der Waals surface area (Å²) in [5, 5.41) is 2.78. The summed E-state index contributed by atoms with van der Waals surface area (Å²) in [5.74, 6) is -0.257. The summed E-state index contributed by atoms with van der Waals surface area (Å²) in [7, 11) is -3.47. The van der Waals surface area contributed by atoms with Gasteiger partial charge in [0.05, 0.1) is 17.1 Å². The third-order valence-electron chi connectivity index (χ3n) is 4.23. The Morgan fingerprint density at radius 3 is 2.40 bits per heavy atom. The molecule has 1 amide bonds. The number of pyridine rings is 1. The van der Waals surface area contributed by atoms with Gasteiger partial charge in [0.25, 0.3) is 5.91 Å². The Morgan fingerprint density at radius 1 is 1.04 bits per heavy atom. The molecule has 25 heavy (non-hydrogen) atoms. The molecule has 1 aromatic heterocycles. The molecule has 0 radical (unpaired) electrons. The number of nitrogens with one attached hydrogen (secondary N) is 1. The molecular weight excluding hydrogens is 338 g/mol. The van der Waals surface area contributed by atoms with Crippen LogP contribution in [0.25, 0.3) is 0 Å². The van der Waals surface area contributed by atoms with Crippen molar-refractivity contribution in [1.82, 2.24) is 14.6 Å². The maximum Gasteiger partial charge on any atom is 0.251 e. The van der Waals surface area contributed by atoms with Gasteiger partial charge < -0.3 is 5.32 Å². The molecule has 1 N–H and O–H groups in total. The molecule has 2 heterocycles. The topological polar surface area (TPSA) is 79.4 Å². The van der Waals surface area contributed by atoms with Crippen molar-refractivity contribution >= 4 is 15.9 Å². The highest BCUT2D eigenvalue weighted by Gasteiger charge is 2.25. The number of hydrogen-bond acceptors (Lipinski definition) is 4. The van der Waals surface area contributed by atoms with Gasteiger partial charge in [0, 0.05) is 24.8 Å². The van der Waals surface area contributed by atoms with Crippen LogP contribution in [0.4, 0.5) is 0 Å². The average molecular weight is 359 g/mol. The second-order valence-electron chi connectivity index (χ2n) is 5.99. The maximum atomic E-state index is 12.6. The van der Waals surface area contributed by atoms with E-state index in [0.29, 0.717) is 25.2 Å². The van der Waals surface area contributed by atoms with Gasteiger partial charge >= 0.3 is 0 Å². The first-order valence-electron chi connectivity index (χ1n) is 8.36. The molecule has 0 spiro atoms. The Hall–Kier alpha value is -2.25. The number of nitrogens with zero attached hydrogens (tertiary/aromatic N) is 2. The quantitative estimate of drug-likeness (QED) is 0.887. The van der Waals surface area contributed by atoms with E-state index >= 15 is 0 Å². The molecule has 1 aliphatic heterocycles. The molecule has 0 saturated carbocycles. The van der Waals surface area contributed by atoms with Crippen molar-refractivity contribution in [3.8, 4) is 0 Å². The van der Waals surface area contributed by atoms with Gasteiger partial charge in [-0.15, -0.1) is 0 Å². The Labute approximate surface area is 147 Å². The zero-order valence-electron chi connectivity index (χ0n) is 13.9. The van der Waals surface area contributed by atoms with E-state index in [-0.39, 0.29) is 10.8 Å². The first-order chi connectivity index (χ1) is 12.1. The lowest BCUT2D eigenvalue weighted by Crippen LogP contribution is -2.35. The molecular formula is C18H21N3O3S. The molecule has 132 valence electrons. The zero-order chi connectivity index (χ0) is 17.7. The van der Waals surface area contributed by atoms with Crippen molar-refractivity contribution in [3.05, 3.63) is 59.9 Å². The summed E-state index contributed by atoms with van der Waals surface area (Å²) in [6.45, 7) is 1.46. The van der Waals surface area contributed by atoms with E-state index in [1.54, 1.807) is 18.3 Å². The van der Waals surface area contributed by atoms with Gasteiger partial charge in [-0.2, -0.15) is 4.31 Å². The summed E-state index contributed by atoms with van der Waals surface area (Å²) in [5.41, 5.74) is 1.19. The molecule has 2 aromatic rings. The smallest absolute Gasteiger partial charge is 0.251 e. The van der Waals surface area contributed by atoms with Crippen LogP contribution in [0.15, 0.2) is 53.6 Å². The summed E-state index contributed by atoms with van der Waals surface area (Å²) >= 11 is 0. The monoisotopic (exact) mass is 359 g/mol. The molecule has 1 aromatic carbocycles. The highest BCUT2D eigenvalue weighted by molar-refractivity contribution is 7.89. The number of aromatic nitrogens is 1. The second-order valence-corrected chi connectivity index (χ2v) is 7.93. The number of piperidine rings is 1. The van der Waals surface area contributed by atoms with E-state index in [9.17, 15) is 13.2 Å². The van der Waals surface area contributed by atoms with E-state index in [2.05, 4.69) is 10.3 Å². The van der Waals surface area contributed by atoms with E-state index < -0.39 is 10.0 Å². The van der Waals surface area contributed by atoms with E-state index in [0.717, 1.165) is 25.0 Å². The lowest BCUT2D eigenvalue weighted by molar-refractivity contribution is 0.0950. The molecule has 0 atom stereocenters. The molecule has 1 fully saturated rings. The van der Waals surface area contributed by atoms with E-state index in [1.165, 1.54) is 16.4 Å². The van der Waals surface area contributed by atoms with Gasteiger partial charge in [-0.3, -0.25) is 9.78 Å². The van der Waals surface area contributed by atoms with Crippen LogP contribution in [0.3, 0.4) is 0 Å². The van der Waals surface area contributed by atoms with Crippen molar-refractivity contribution in [2.45, 2.75) is 30.7 Å². The minimum absolute atomic E-state index is 0.232. The fraction of sp³-hybridized carbons (Fsp3) is 0.333. The molecule has 3 rings (SSSR count). The van der Waals surface area contributed by atoms with Crippen molar-refractivity contribution in [2.75, 3.05) is 13.1 Å². The largest absolute Gasteiger partial charge is 0.346 e. The molecule has 0 aliphatic carbocycles. The van der Waals surface area contributed by atoms with Crippen LogP contribution < -0.4 is 5.32 Å². The van der Waals surface area contributed by atoms with Crippen LogP contribution in [0.2, 0.25) is 0 Å². The van der Waals surface area contributed by atoms with Crippen LogP contribution in [0.1, 0.15) is 35.3 Å². The minimum atomic E-state index is -3.47. The number of sulfonamides is 1. The molecule has 1 saturated heterocycles. The van der Waals surface area contributed by atoms with Crippen LogP contribution in [0.5, 0.6) is 0 Å². The van der Waals surface area contributed by atoms with E-state index in [1.807, 2.05) is 18.2 Å². The fourth-order valence-corrected chi connectivity index (χ4v) is 4.33. The Bertz CT molecular complexity index is 814. The lowest BCUT2D eigenvalue weighted by atomic mass is 10.2. The van der Waals surface area contributed by atoms with Crippen molar-refractivity contribution < 1.29 is 13.2 Å². The van der Waals surface area contributed by atoms with Gasteiger partial charge in [0.1, 0.15) is 0 Å². The van der Waals surface area contributed by atoms with Gasteiger partial charge in [0.15, 0.2) is 0 Å². The van der Waals surface area contributed by atoms with Gasteiger partial charge in [0.2, 0.25) is 10.0 Å². The average Bonchev–Trinajstić information content (AvgIpc) is 2.68. The van der Waals surface area contributed by atoms with Crippen LogP contribution in [-0.4, -0.2) is 36.7 Å². The number of carbonyl (C=O) groups is 1. The summed E-state index contributed by atoms with van der Waals surface area (Å²) in [6, 6.07) is 11.6. The van der Waals surface area contributed by atoms with Gasteiger partial charge in [-0.05, 0) is 49.2 Å². The first-order valence-corrected chi connectivity index (χ1v) is 9.80. The lowest BCUT2D eigenvalue weighted by Gasteiger charge is -2.25. The maximum absolute atomic E-state index is 12.6. The third-order valence-corrected chi connectivity index (χ3v) is 6.14. The summed E-state index contributed by atoms with van der Waals surface area (Å²) in [6.07, 6.45) is 4.53. The number of amides is 1. The highest BCUT2D eigenvalue weighted by Crippen LogP contribution is 2.20. The third kappa shape index (κ3) is 4.24. The molecule has 0 bridgehead atoms. The Morgan fingerprint density at radius 2 is 1.76 bits per heavy atom. The van der Waals surface area contributed by atoms with Crippen molar-refractivity contribution in [3.63, 3.8) is 0 Å². The van der Waals surface area contributed by atoms with Crippen LogP contribution >= 0.6 is 0 Å². The molecule has 0 unspecified atom stereocenters. The molecule has 7 heteroatoms. The van der Waals surface area contributed by atoms with Crippen molar-refractivity contribution in [2.24, 2.45) is 0 Å². The first kappa shape index (κ1) is 17.6. The van der Waals surface area contributed by atoms with Gasteiger partial charge in [-0.1, -0.05) is 12.5 Å². The Kier molecular flexibility index (Phi) is 5.45. The normalized spacial score (nSPS) is 15.7. The van der Waals surface area contributed by atoms with Crippen LogP contribution in [-0.2, 0) is 16.6 Å². The zero-order valence-corrected chi connectivity index (χ0v) is 14.7. The number of hydrogen-bond donors (Lipinski definition) is 1. The van der Waals surface area contributed by atoms with Crippen LogP contribution in [0, 0.1) is 0 Å². The number of carbonyl (C=O) groups excluding carboxylic acids is 1. The summed E-state index contributed by atoms with van der Waals surface area (Å²) < 4.78 is 26.7. The predicted octanol–water partition coefficient (Wildman–Crippen LogP) is 2.19. The minimum Gasteiger partial charge on any atom is -0.346 e. The SMILES string of the molecule is O=C(NCc1ccccn1)c1ccc(S(=O)(=O)N2CCCCC2)cc1. The number of rotatable bonds is 5. The van der Waals surface area contributed by atoms with Crippen molar-refractivity contribution in [1.29, 1.82) is 0 Å².